The normalized spacial score (nSPS) is 32.9. The minimum absolute atomic E-state index is 0.0653. The van der Waals surface area contributed by atoms with Crippen molar-refractivity contribution in [3.05, 3.63) is 16.1 Å². The highest BCUT2D eigenvalue weighted by Crippen LogP contribution is 2.38. The molecular formula is C17H26N2O2S. The second-order valence-corrected chi connectivity index (χ2v) is 8.33. The first-order chi connectivity index (χ1) is 10.7. The van der Waals surface area contributed by atoms with Gasteiger partial charge < -0.3 is 14.4 Å². The predicted octanol–water partition coefficient (Wildman–Crippen LogP) is 3.00. The minimum Gasteiger partial charge on any atom is -0.371 e. The number of aryl methyl sites for hydroxylation is 1. The quantitative estimate of drug-likeness (QED) is 0.835. The Morgan fingerprint density at radius 3 is 3.18 bits per heavy atom. The van der Waals surface area contributed by atoms with Crippen LogP contribution in [0.1, 0.15) is 42.8 Å². The Morgan fingerprint density at radius 2 is 2.41 bits per heavy atom. The number of hydrogen-bond donors (Lipinski definition) is 0. The van der Waals surface area contributed by atoms with Crippen LogP contribution in [-0.2, 0) is 16.1 Å². The summed E-state index contributed by atoms with van der Waals surface area (Å²) >= 11 is 1.69. The molecule has 5 heteroatoms. The summed E-state index contributed by atoms with van der Waals surface area (Å²) in [5, 5.41) is 3.21. The van der Waals surface area contributed by atoms with Crippen LogP contribution in [0.5, 0.6) is 0 Å². The van der Waals surface area contributed by atoms with Crippen molar-refractivity contribution in [3.8, 4) is 0 Å². The molecule has 3 fully saturated rings. The van der Waals surface area contributed by atoms with E-state index >= 15 is 0 Å². The molecule has 2 aliphatic heterocycles. The number of rotatable bonds is 5. The second kappa shape index (κ2) is 6.19. The van der Waals surface area contributed by atoms with Crippen LogP contribution in [0.3, 0.4) is 0 Å². The zero-order valence-corrected chi connectivity index (χ0v) is 14.2. The van der Waals surface area contributed by atoms with Gasteiger partial charge in [-0.2, -0.15) is 0 Å². The van der Waals surface area contributed by atoms with Crippen molar-refractivity contribution >= 4 is 11.3 Å². The average Bonchev–Trinajstić information content (AvgIpc) is 3.08. The molecule has 2 unspecified atom stereocenters. The molecule has 1 aromatic heterocycles. The highest BCUT2D eigenvalue weighted by molar-refractivity contribution is 7.09. The summed E-state index contributed by atoms with van der Waals surface area (Å²) in [6, 6.07) is 0. The van der Waals surface area contributed by atoms with Crippen LogP contribution in [0.25, 0.3) is 0 Å². The van der Waals surface area contributed by atoms with E-state index in [1.807, 2.05) is 6.92 Å². The molecule has 22 heavy (non-hydrogen) atoms. The maximum Gasteiger partial charge on any atom is 0.0901 e. The van der Waals surface area contributed by atoms with Crippen molar-refractivity contribution in [1.29, 1.82) is 0 Å². The third kappa shape index (κ3) is 3.53. The molecule has 0 N–H and O–H groups in total. The van der Waals surface area contributed by atoms with Crippen molar-refractivity contribution in [2.24, 2.45) is 5.92 Å². The van der Waals surface area contributed by atoms with Crippen LogP contribution in [0, 0.1) is 12.8 Å². The van der Waals surface area contributed by atoms with Crippen LogP contribution in [0.4, 0.5) is 0 Å². The minimum atomic E-state index is 0.0653. The summed E-state index contributed by atoms with van der Waals surface area (Å²) in [5.74, 6) is 0.969. The average molecular weight is 322 g/mol. The maximum absolute atomic E-state index is 6.24. The molecule has 0 radical (unpaired) electrons. The van der Waals surface area contributed by atoms with E-state index in [1.54, 1.807) is 11.3 Å². The lowest BCUT2D eigenvalue weighted by Gasteiger charge is -2.39. The number of hydrogen-bond acceptors (Lipinski definition) is 5. The third-order valence-electron chi connectivity index (χ3n) is 5.14. The van der Waals surface area contributed by atoms with Gasteiger partial charge in [0, 0.05) is 24.9 Å². The number of ether oxygens (including phenoxy) is 2. The van der Waals surface area contributed by atoms with E-state index < -0.39 is 0 Å². The lowest BCUT2D eigenvalue weighted by Crippen LogP contribution is -2.48. The molecule has 2 saturated heterocycles. The first-order valence-electron chi connectivity index (χ1n) is 8.60. The van der Waals surface area contributed by atoms with Gasteiger partial charge >= 0.3 is 0 Å². The molecule has 3 heterocycles. The van der Waals surface area contributed by atoms with E-state index in [9.17, 15) is 0 Å². The summed E-state index contributed by atoms with van der Waals surface area (Å²) < 4.78 is 12.3. The number of likely N-dealkylation sites (tertiary alicyclic amines) is 1. The lowest BCUT2D eigenvalue weighted by atomic mass is 9.89. The molecule has 2 atom stereocenters. The zero-order valence-electron chi connectivity index (χ0n) is 13.4. The van der Waals surface area contributed by atoms with Gasteiger partial charge in [-0.25, -0.2) is 4.98 Å². The van der Waals surface area contributed by atoms with Crippen molar-refractivity contribution in [3.63, 3.8) is 0 Å². The molecule has 4 rings (SSSR count). The van der Waals surface area contributed by atoms with Gasteiger partial charge in [-0.05, 0) is 45.1 Å². The van der Waals surface area contributed by atoms with Crippen molar-refractivity contribution in [2.45, 2.75) is 57.3 Å². The SMILES string of the molecule is Cc1nc(COC2COC3(CCCN(CC4CC4)C3)C2)cs1. The van der Waals surface area contributed by atoms with Crippen LogP contribution in [-0.4, -0.2) is 47.8 Å². The summed E-state index contributed by atoms with van der Waals surface area (Å²) in [6.45, 7) is 7.07. The van der Waals surface area contributed by atoms with Crippen LogP contribution in [0.2, 0.25) is 0 Å². The van der Waals surface area contributed by atoms with Gasteiger partial charge in [-0.15, -0.1) is 11.3 Å². The van der Waals surface area contributed by atoms with Crippen LogP contribution < -0.4 is 0 Å². The largest absolute Gasteiger partial charge is 0.371 e. The van der Waals surface area contributed by atoms with Gasteiger partial charge in [0.15, 0.2) is 0 Å². The van der Waals surface area contributed by atoms with Gasteiger partial charge in [0.25, 0.3) is 0 Å². The van der Waals surface area contributed by atoms with E-state index in [-0.39, 0.29) is 11.7 Å². The monoisotopic (exact) mass is 322 g/mol. The number of thiazole rings is 1. The molecule has 0 aromatic carbocycles. The molecule has 4 nitrogen and oxygen atoms in total. The fourth-order valence-corrected chi connectivity index (χ4v) is 4.48. The standard InChI is InChI=1S/C17H26N2O2S/c1-13-18-15(11-22-13)9-20-16-7-17(21-10-16)5-2-6-19(12-17)8-14-3-4-14/h11,14,16H,2-10,12H2,1H3. The molecule has 1 aliphatic carbocycles. The molecule has 1 saturated carbocycles. The Morgan fingerprint density at radius 1 is 1.50 bits per heavy atom. The molecule has 0 amide bonds. The molecule has 0 bridgehead atoms. The highest BCUT2D eigenvalue weighted by atomic mass is 32.1. The van der Waals surface area contributed by atoms with Crippen LogP contribution in [0.15, 0.2) is 5.38 Å². The molecule has 1 spiro atoms. The first-order valence-corrected chi connectivity index (χ1v) is 9.48. The maximum atomic E-state index is 6.24. The smallest absolute Gasteiger partial charge is 0.0901 e. The predicted molar refractivity (Wildman–Crippen MR) is 87.1 cm³/mol. The number of piperidine rings is 1. The number of aromatic nitrogens is 1. The summed E-state index contributed by atoms with van der Waals surface area (Å²) in [7, 11) is 0. The molecule has 1 aromatic rings. The summed E-state index contributed by atoms with van der Waals surface area (Å²) in [4.78, 5) is 7.10. The Bertz CT molecular complexity index is 517. The van der Waals surface area contributed by atoms with E-state index in [0.717, 1.165) is 36.2 Å². The van der Waals surface area contributed by atoms with Gasteiger partial charge in [0.1, 0.15) is 0 Å². The molecule has 3 aliphatic rings. The van der Waals surface area contributed by atoms with Crippen molar-refractivity contribution in [2.75, 3.05) is 26.2 Å². The van der Waals surface area contributed by atoms with E-state index in [1.165, 1.54) is 38.8 Å². The summed E-state index contributed by atoms with van der Waals surface area (Å²) in [5.41, 5.74) is 1.12. The van der Waals surface area contributed by atoms with Crippen LogP contribution >= 0.6 is 11.3 Å². The van der Waals surface area contributed by atoms with E-state index in [4.69, 9.17) is 9.47 Å². The van der Waals surface area contributed by atoms with Gasteiger partial charge in [-0.3, -0.25) is 0 Å². The topological polar surface area (TPSA) is 34.6 Å². The lowest BCUT2D eigenvalue weighted by molar-refractivity contribution is -0.0537. The fourth-order valence-electron chi connectivity index (χ4n) is 3.88. The Kier molecular flexibility index (Phi) is 4.24. The summed E-state index contributed by atoms with van der Waals surface area (Å²) in [6.07, 6.45) is 6.63. The van der Waals surface area contributed by atoms with Gasteiger partial charge in [-0.1, -0.05) is 0 Å². The molecule has 122 valence electrons. The van der Waals surface area contributed by atoms with E-state index in [0.29, 0.717) is 6.61 Å². The van der Waals surface area contributed by atoms with Gasteiger partial charge in [0.2, 0.25) is 0 Å². The third-order valence-corrected chi connectivity index (χ3v) is 5.96. The fraction of sp³-hybridized carbons (Fsp3) is 0.824. The Balaban J connectivity index is 1.28. The van der Waals surface area contributed by atoms with E-state index in [2.05, 4.69) is 15.3 Å². The first kappa shape index (κ1) is 15.1. The highest BCUT2D eigenvalue weighted by Gasteiger charge is 2.44. The Labute approximate surface area is 136 Å². The van der Waals surface area contributed by atoms with Crippen molar-refractivity contribution in [1.82, 2.24) is 9.88 Å². The zero-order chi connectivity index (χ0) is 15.0. The Hall–Kier alpha value is -0.490. The number of nitrogens with zero attached hydrogens (tertiary/aromatic N) is 2. The van der Waals surface area contributed by atoms with Crippen molar-refractivity contribution < 1.29 is 9.47 Å². The van der Waals surface area contributed by atoms with Gasteiger partial charge in [0.05, 0.1) is 35.6 Å². The second-order valence-electron chi connectivity index (χ2n) is 7.27. The molecular weight excluding hydrogens is 296 g/mol.